The third kappa shape index (κ3) is 23.4. The average molecular weight is 842 g/mol. The van der Waals surface area contributed by atoms with Gasteiger partial charge in [-0.05, 0) is 164 Å². The highest BCUT2D eigenvalue weighted by Crippen LogP contribution is 2.56. The largest absolute Gasteiger partial charge is 0.497 e. The van der Waals surface area contributed by atoms with E-state index in [1.165, 1.54) is 83.5 Å². The zero-order chi connectivity index (χ0) is 46.0. The van der Waals surface area contributed by atoms with Gasteiger partial charge in [-0.1, -0.05) is 161 Å². The number of para-hydroxylation sites is 2. The summed E-state index contributed by atoms with van der Waals surface area (Å²) in [5.74, 6) is 3.51. The predicted octanol–water partition coefficient (Wildman–Crippen LogP) is 18.9. The third-order valence-corrected chi connectivity index (χ3v) is 13.5. The van der Waals surface area contributed by atoms with Gasteiger partial charge in [-0.2, -0.15) is 0 Å². The van der Waals surface area contributed by atoms with Crippen LogP contribution in [0.3, 0.4) is 0 Å². The van der Waals surface area contributed by atoms with Gasteiger partial charge in [0.25, 0.3) is 0 Å². The molecular weight excluding hydrogens is 740 g/mol. The second-order valence-electron chi connectivity index (χ2n) is 23.7. The van der Waals surface area contributed by atoms with Crippen LogP contribution in [0.5, 0.6) is 11.5 Å². The molecule has 2 aromatic rings. The smallest absolute Gasteiger partial charge is 0.118 e. The van der Waals surface area contributed by atoms with Gasteiger partial charge >= 0.3 is 0 Å². The minimum Gasteiger partial charge on any atom is -0.497 e. The maximum Gasteiger partial charge on any atom is 0.118 e. The van der Waals surface area contributed by atoms with E-state index < -0.39 is 0 Å². The lowest BCUT2D eigenvalue weighted by atomic mass is 9.55. The summed E-state index contributed by atoms with van der Waals surface area (Å²) < 4.78 is 9.83. The lowest BCUT2D eigenvalue weighted by Crippen LogP contribution is -2.39. The van der Waals surface area contributed by atoms with Crippen LogP contribution in [0.25, 0.3) is 0 Å². The molecule has 2 aliphatic rings. The van der Waals surface area contributed by atoms with Crippen LogP contribution in [-0.4, -0.2) is 19.1 Å². The number of ether oxygens (including phenoxy) is 2. The van der Waals surface area contributed by atoms with Gasteiger partial charge in [0.1, 0.15) is 11.5 Å². The number of rotatable bonds is 13. The average Bonchev–Trinajstić information content (AvgIpc) is 3.11. The zero-order valence-electron chi connectivity index (χ0n) is 43.3. The normalized spacial score (nSPS) is 22.7. The van der Waals surface area contributed by atoms with Crippen molar-refractivity contribution < 1.29 is 9.47 Å². The maximum atomic E-state index is 6.70. The zero-order valence-corrected chi connectivity index (χ0v) is 44.1. The summed E-state index contributed by atoms with van der Waals surface area (Å²) in [7, 11) is 3.32. The SMILES string of the molecule is CC.CC.CC(C)(C)CC(C)(C)CC(C)(C)C1CCC(C)(CC(C)(C)CC(C)(C)CC(C)(C)C2CCC(C)(Cl)CC2)CC1.COc1ccccc1.COc1ccccc1. The number of hydrogen-bond donors (Lipinski definition) is 0. The molecule has 2 nitrogen and oxygen atoms in total. The Morgan fingerprint density at radius 2 is 0.814 bits per heavy atom. The maximum absolute atomic E-state index is 6.70. The fourth-order valence-electron chi connectivity index (χ4n) is 12.2. The van der Waals surface area contributed by atoms with Crippen molar-refractivity contribution >= 4 is 11.6 Å². The molecule has 2 aromatic carbocycles. The summed E-state index contributed by atoms with van der Waals surface area (Å²) in [5, 5.41) is 0. The first-order chi connectivity index (χ1) is 27.0. The van der Waals surface area contributed by atoms with E-state index in [4.69, 9.17) is 21.1 Å². The molecule has 0 unspecified atom stereocenters. The molecule has 0 bridgehead atoms. The van der Waals surface area contributed by atoms with Crippen molar-refractivity contribution in [2.24, 2.45) is 49.7 Å². The molecule has 4 rings (SSSR count). The van der Waals surface area contributed by atoms with Crippen molar-refractivity contribution in [2.75, 3.05) is 14.2 Å². The first kappa shape index (κ1) is 57.3. The van der Waals surface area contributed by atoms with Crippen LogP contribution in [0.4, 0.5) is 0 Å². The lowest BCUT2D eigenvalue weighted by Gasteiger charge is -2.50. The fraction of sp³-hybridized carbons (Fsp3) is 0.786. The molecule has 0 N–H and O–H groups in total. The Hall–Kier alpha value is -1.67. The highest BCUT2D eigenvalue weighted by atomic mass is 35.5. The van der Waals surface area contributed by atoms with Crippen LogP contribution in [0.1, 0.15) is 215 Å². The van der Waals surface area contributed by atoms with Crippen molar-refractivity contribution in [3.8, 4) is 11.5 Å². The lowest BCUT2D eigenvalue weighted by molar-refractivity contribution is 0.0108. The van der Waals surface area contributed by atoms with Crippen molar-refractivity contribution in [2.45, 2.75) is 220 Å². The Balaban J connectivity index is 0.00000136. The molecule has 0 heterocycles. The van der Waals surface area contributed by atoms with Crippen molar-refractivity contribution in [3.05, 3.63) is 60.7 Å². The Kier molecular flexibility index (Phi) is 24.1. The van der Waals surface area contributed by atoms with Gasteiger partial charge in [0.15, 0.2) is 0 Å². The van der Waals surface area contributed by atoms with E-state index in [0.717, 1.165) is 23.3 Å². The molecule has 2 aliphatic carbocycles. The first-order valence-corrected chi connectivity index (χ1v) is 24.3. The number of halogens is 1. The Bertz CT molecular complexity index is 1300. The predicted molar refractivity (Wildman–Crippen MR) is 266 cm³/mol. The van der Waals surface area contributed by atoms with E-state index in [9.17, 15) is 0 Å². The monoisotopic (exact) mass is 841 g/mol. The number of hydrogen-bond acceptors (Lipinski definition) is 2. The third-order valence-electron chi connectivity index (χ3n) is 13.1. The molecule has 59 heavy (non-hydrogen) atoms. The second-order valence-corrected chi connectivity index (χ2v) is 24.6. The summed E-state index contributed by atoms with van der Waals surface area (Å²) in [6, 6.07) is 19.4. The first-order valence-electron chi connectivity index (χ1n) is 23.9. The van der Waals surface area contributed by atoms with E-state index >= 15 is 0 Å². The molecule has 2 saturated carbocycles. The van der Waals surface area contributed by atoms with Crippen LogP contribution < -0.4 is 9.47 Å². The molecule has 0 aliphatic heterocycles. The molecule has 0 aromatic heterocycles. The van der Waals surface area contributed by atoms with Crippen LogP contribution in [0, 0.1) is 49.7 Å². The molecule has 0 saturated heterocycles. The summed E-state index contributed by atoms with van der Waals surface area (Å²) >= 11 is 6.70. The summed E-state index contributed by atoms with van der Waals surface area (Å²) in [5.41, 5.74) is 2.87. The van der Waals surface area contributed by atoms with Gasteiger partial charge in [0.05, 0.1) is 14.2 Å². The summed E-state index contributed by atoms with van der Waals surface area (Å²) in [4.78, 5) is 0.0381. The fourth-order valence-corrected chi connectivity index (χ4v) is 12.4. The highest BCUT2D eigenvalue weighted by Gasteiger charge is 2.45. The van der Waals surface area contributed by atoms with Gasteiger partial charge in [0.2, 0.25) is 0 Å². The highest BCUT2D eigenvalue weighted by molar-refractivity contribution is 6.23. The molecule has 344 valence electrons. The summed E-state index contributed by atoms with van der Waals surface area (Å²) in [6.07, 6.45) is 17.3. The number of benzene rings is 2. The quantitative estimate of drug-likeness (QED) is 0.187. The second kappa shape index (κ2) is 24.8. The number of methoxy groups -OCH3 is 2. The molecule has 0 amide bonds. The Morgan fingerprint density at radius 3 is 1.12 bits per heavy atom. The van der Waals surface area contributed by atoms with E-state index in [1.807, 2.05) is 88.4 Å². The van der Waals surface area contributed by atoms with Crippen LogP contribution in [-0.2, 0) is 0 Å². The van der Waals surface area contributed by atoms with Crippen LogP contribution in [0.2, 0.25) is 0 Å². The molecule has 0 atom stereocenters. The van der Waals surface area contributed by atoms with E-state index in [1.54, 1.807) is 14.2 Å². The van der Waals surface area contributed by atoms with Crippen LogP contribution in [0.15, 0.2) is 60.7 Å². The van der Waals surface area contributed by atoms with E-state index in [0.29, 0.717) is 37.9 Å². The molecule has 3 heteroatoms. The van der Waals surface area contributed by atoms with Crippen LogP contribution >= 0.6 is 11.6 Å². The van der Waals surface area contributed by atoms with E-state index in [2.05, 4.69) is 104 Å². The Morgan fingerprint density at radius 1 is 0.492 bits per heavy atom. The van der Waals surface area contributed by atoms with Gasteiger partial charge < -0.3 is 9.47 Å². The Labute approximate surface area is 375 Å². The van der Waals surface area contributed by atoms with Crippen molar-refractivity contribution in [1.82, 2.24) is 0 Å². The van der Waals surface area contributed by atoms with Gasteiger partial charge in [-0.15, -0.1) is 11.6 Å². The number of alkyl halides is 1. The van der Waals surface area contributed by atoms with E-state index in [-0.39, 0.29) is 4.87 Å². The minimum atomic E-state index is 0.0381. The molecule has 0 spiro atoms. The topological polar surface area (TPSA) is 18.5 Å². The standard InChI is InChI=1S/C38H73Cl.2C7H8O.2C2H6/c1-31(2,3)24-32(4,5)26-35(10,11)29-16-20-37(14,21-17-29)28-34(8,9)25-33(6,7)27-36(12,13)30-18-22-38(15,39)23-19-30;2*1-8-7-5-3-2-4-6-7;2*1-2/h29-30H,16-28H2,1-15H3;2*2-6H,1H3;2*1-2H3. The van der Waals surface area contributed by atoms with Gasteiger partial charge in [-0.3, -0.25) is 0 Å². The van der Waals surface area contributed by atoms with Gasteiger partial charge in [-0.25, -0.2) is 0 Å². The van der Waals surface area contributed by atoms with Crippen molar-refractivity contribution in [3.63, 3.8) is 0 Å². The molecular formula is C56H101ClO2. The minimum absolute atomic E-state index is 0.0381. The van der Waals surface area contributed by atoms with Crippen molar-refractivity contribution in [1.29, 1.82) is 0 Å². The summed E-state index contributed by atoms with van der Waals surface area (Å²) in [6.45, 7) is 45.7. The molecule has 2 fully saturated rings. The van der Waals surface area contributed by atoms with Gasteiger partial charge in [0, 0.05) is 4.87 Å². The molecule has 0 radical (unpaired) electrons.